The van der Waals surface area contributed by atoms with E-state index in [0.29, 0.717) is 0 Å². The molecule has 80 valence electrons. The maximum atomic E-state index is 5.19. The molecule has 0 saturated heterocycles. The maximum Gasteiger partial charge on any atom is 0.117 e. The second kappa shape index (κ2) is 3.08. The van der Waals surface area contributed by atoms with Crippen LogP contribution in [-0.2, 0) is 0 Å². The van der Waals surface area contributed by atoms with Gasteiger partial charge in [-0.25, -0.2) is 4.98 Å². The van der Waals surface area contributed by atoms with Crippen molar-refractivity contribution in [2.45, 2.75) is 0 Å². The van der Waals surface area contributed by atoms with E-state index in [4.69, 9.17) is 4.42 Å². The van der Waals surface area contributed by atoms with Crippen LogP contribution >= 0.6 is 0 Å². The first-order chi connectivity index (χ1) is 8.42. The minimum absolute atomic E-state index is 0.910. The highest BCUT2D eigenvalue weighted by Crippen LogP contribution is 2.27. The molecule has 2 aromatic heterocycles. The molecule has 2 heteroatoms. The van der Waals surface area contributed by atoms with Crippen molar-refractivity contribution in [3.8, 4) is 0 Å². The number of nitrogens with zero attached hydrogens (tertiary/aromatic N) is 1. The van der Waals surface area contributed by atoms with Crippen LogP contribution in [0.1, 0.15) is 0 Å². The third kappa shape index (κ3) is 1.18. The van der Waals surface area contributed by atoms with Gasteiger partial charge in [-0.3, -0.25) is 0 Å². The monoisotopic (exact) mass is 219 g/mol. The number of benzene rings is 2. The Balaban J connectivity index is 2.30. The second-order valence-electron chi connectivity index (χ2n) is 4.19. The van der Waals surface area contributed by atoms with Crippen LogP contribution in [0.25, 0.3) is 32.6 Å². The van der Waals surface area contributed by atoms with Gasteiger partial charge in [0.05, 0.1) is 11.8 Å². The van der Waals surface area contributed by atoms with Crippen molar-refractivity contribution in [3.63, 3.8) is 0 Å². The fourth-order valence-electron chi connectivity index (χ4n) is 2.32. The van der Waals surface area contributed by atoms with Gasteiger partial charge in [0.2, 0.25) is 0 Å². The predicted molar refractivity (Wildman–Crippen MR) is 69.0 cm³/mol. The van der Waals surface area contributed by atoms with E-state index >= 15 is 0 Å². The quantitative estimate of drug-likeness (QED) is 0.415. The molecule has 0 aliphatic heterocycles. The molecule has 0 aliphatic rings. The lowest BCUT2D eigenvalue weighted by Crippen LogP contribution is -1.81. The Labute approximate surface area is 97.5 Å². The van der Waals surface area contributed by atoms with Gasteiger partial charge in [-0.1, -0.05) is 30.3 Å². The molecular formula is C15H9NO. The highest BCUT2D eigenvalue weighted by atomic mass is 16.3. The Hall–Kier alpha value is -2.35. The second-order valence-corrected chi connectivity index (χ2v) is 4.19. The highest BCUT2D eigenvalue weighted by molar-refractivity contribution is 6.09. The van der Waals surface area contributed by atoms with Crippen molar-refractivity contribution in [2.24, 2.45) is 0 Å². The number of hydrogen-bond acceptors (Lipinski definition) is 2. The number of rotatable bonds is 0. The maximum absolute atomic E-state index is 5.19. The SMILES string of the molecule is c1ccc2c(c1)ccc1nc3cocc3cc12. The fraction of sp³-hybridized carbons (Fsp3) is 0. The minimum Gasteiger partial charge on any atom is -0.470 e. The number of hydrogen-bond donors (Lipinski definition) is 0. The largest absolute Gasteiger partial charge is 0.470 e. The average molecular weight is 219 g/mol. The van der Waals surface area contributed by atoms with Crippen molar-refractivity contribution in [1.82, 2.24) is 4.98 Å². The number of aromatic nitrogens is 1. The third-order valence-electron chi connectivity index (χ3n) is 3.16. The minimum atomic E-state index is 0.910. The Kier molecular flexibility index (Phi) is 1.59. The van der Waals surface area contributed by atoms with Crippen LogP contribution < -0.4 is 0 Å². The third-order valence-corrected chi connectivity index (χ3v) is 3.16. The molecule has 4 rings (SSSR count). The highest BCUT2D eigenvalue weighted by Gasteiger charge is 2.04. The van der Waals surface area contributed by atoms with E-state index in [2.05, 4.69) is 47.4 Å². The van der Waals surface area contributed by atoms with E-state index in [-0.39, 0.29) is 0 Å². The zero-order valence-electron chi connectivity index (χ0n) is 9.05. The zero-order chi connectivity index (χ0) is 11.2. The molecule has 0 atom stereocenters. The van der Waals surface area contributed by atoms with Crippen LogP contribution in [0.2, 0.25) is 0 Å². The molecule has 4 aromatic rings. The summed E-state index contributed by atoms with van der Waals surface area (Å²) < 4.78 is 5.19. The van der Waals surface area contributed by atoms with E-state index in [0.717, 1.165) is 16.4 Å². The first-order valence-corrected chi connectivity index (χ1v) is 5.56. The summed E-state index contributed by atoms with van der Waals surface area (Å²) in [5, 5.41) is 4.70. The Morgan fingerprint density at radius 3 is 2.71 bits per heavy atom. The normalized spacial score (nSPS) is 11.5. The molecule has 0 unspecified atom stereocenters. The fourth-order valence-corrected chi connectivity index (χ4v) is 2.32. The van der Waals surface area contributed by atoms with Crippen molar-refractivity contribution < 1.29 is 4.42 Å². The summed E-state index contributed by atoms with van der Waals surface area (Å²) in [6.45, 7) is 0. The Bertz CT molecular complexity index is 845. The van der Waals surface area contributed by atoms with Crippen LogP contribution in [0.4, 0.5) is 0 Å². The van der Waals surface area contributed by atoms with Gasteiger partial charge >= 0.3 is 0 Å². The van der Waals surface area contributed by atoms with Crippen LogP contribution in [0, 0.1) is 0 Å². The molecule has 17 heavy (non-hydrogen) atoms. The summed E-state index contributed by atoms with van der Waals surface area (Å²) in [5.41, 5.74) is 1.92. The molecule has 2 nitrogen and oxygen atoms in total. The van der Waals surface area contributed by atoms with Crippen LogP contribution in [0.15, 0.2) is 59.4 Å². The van der Waals surface area contributed by atoms with Crippen molar-refractivity contribution in [3.05, 3.63) is 55.0 Å². The van der Waals surface area contributed by atoms with Crippen molar-refractivity contribution in [1.29, 1.82) is 0 Å². The Morgan fingerprint density at radius 1 is 0.765 bits per heavy atom. The van der Waals surface area contributed by atoms with Crippen LogP contribution in [-0.4, -0.2) is 4.98 Å². The summed E-state index contributed by atoms with van der Waals surface area (Å²) in [5.74, 6) is 0. The summed E-state index contributed by atoms with van der Waals surface area (Å²) in [6, 6.07) is 14.7. The van der Waals surface area contributed by atoms with Gasteiger partial charge in [-0.2, -0.15) is 0 Å². The topological polar surface area (TPSA) is 26.0 Å². The summed E-state index contributed by atoms with van der Waals surface area (Å²) in [6.07, 6.45) is 3.42. The lowest BCUT2D eigenvalue weighted by atomic mass is 10.0. The average Bonchev–Trinajstić information content (AvgIpc) is 2.83. The Morgan fingerprint density at radius 2 is 1.71 bits per heavy atom. The summed E-state index contributed by atoms with van der Waals surface area (Å²) in [7, 11) is 0. The van der Waals surface area contributed by atoms with Crippen molar-refractivity contribution >= 4 is 32.6 Å². The predicted octanol–water partition coefficient (Wildman–Crippen LogP) is 4.13. The first-order valence-electron chi connectivity index (χ1n) is 5.56. The van der Waals surface area contributed by atoms with E-state index in [1.54, 1.807) is 12.5 Å². The molecule has 0 radical (unpaired) electrons. The molecule has 0 spiro atoms. The molecule has 0 aliphatic carbocycles. The first kappa shape index (κ1) is 8.76. The zero-order valence-corrected chi connectivity index (χ0v) is 9.05. The van der Waals surface area contributed by atoms with Gasteiger partial charge in [0, 0.05) is 10.8 Å². The van der Waals surface area contributed by atoms with Gasteiger partial charge < -0.3 is 4.42 Å². The number of pyridine rings is 1. The molecular weight excluding hydrogens is 210 g/mol. The summed E-state index contributed by atoms with van der Waals surface area (Å²) in [4.78, 5) is 4.59. The van der Waals surface area contributed by atoms with E-state index in [9.17, 15) is 0 Å². The molecule has 0 fully saturated rings. The number of furan rings is 1. The van der Waals surface area contributed by atoms with Gasteiger partial charge in [-0.05, 0) is 22.9 Å². The molecule has 0 N–H and O–H groups in total. The van der Waals surface area contributed by atoms with Gasteiger partial charge in [0.25, 0.3) is 0 Å². The molecule has 0 bridgehead atoms. The van der Waals surface area contributed by atoms with Gasteiger partial charge in [0.1, 0.15) is 11.8 Å². The molecule has 2 aromatic carbocycles. The smallest absolute Gasteiger partial charge is 0.117 e. The van der Waals surface area contributed by atoms with E-state index in [1.165, 1.54) is 16.2 Å². The van der Waals surface area contributed by atoms with Crippen LogP contribution in [0.3, 0.4) is 0 Å². The van der Waals surface area contributed by atoms with Crippen molar-refractivity contribution in [2.75, 3.05) is 0 Å². The standard InChI is InChI=1S/C15H9NO/c1-2-4-12-10(3-1)5-6-14-13(12)7-11-8-17-9-15(11)16-14/h1-9H. The van der Waals surface area contributed by atoms with E-state index in [1.807, 2.05) is 0 Å². The van der Waals surface area contributed by atoms with Crippen LogP contribution in [0.5, 0.6) is 0 Å². The molecule has 2 heterocycles. The molecule has 0 saturated carbocycles. The van der Waals surface area contributed by atoms with E-state index < -0.39 is 0 Å². The number of fused-ring (bicyclic) bond motifs is 4. The lowest BCUT2D eigenvalue weighted by molar-refractivity contribution is 0.572. The van der Waals surface area contributed by atoms with Gasteiger partial charge in [0.15, 0.2) is 0 Å². The molecule has 0 amide bonds. The lowest BCUT2D eigenvalue weighted by Gasteiger charge is -2.02. The van der Waals surface area contributed by atoms with Gasteiger partial charge in [-0.15, -0.1) is 0 Å². The summed E-state index contributed by atoms with van der Waals surface area (Å²) >= 11 is 0.